The summed E-state index contributed by atoms with van der Waals surface area (Å²) in [6, 6.07) is 23.7. The first-order valence-electron chi connectivity index (χ1n) is 17.1. The van der Waals surface area contributed by atoms with Crippen LogP contribution in [0.4, 0.5) is 37.7 Å². The summed E-state index contributed by atoms with van der Waals surface area (Å²) in [5.74, 6) is -2.59. The zero-order valence-electron chi connectivity index (χ0n) is 29.1. The number of anilines is 2. The summed E-state index contributed by atoms with van der Waals surface area (Å²) in [7, 11) is -3.74. The average molecular weight is 794 g/mol. The number of likely N-dealkylation sites (tertiary alicyclic amines) is 1. The average Bonchev–Trinajstić information content (AvgIpc) is 3.15. The molecule has 0 atom stereocenters. The number of aromatic nitrogens is 1. The number of rotatable bonds is 9. The Morgan fingerprint density at radius 3 is 2.07 bits per heavy atom. The van der Waals surface area contributed by atoms with Gasteiger partial charge in [-0.1, -0.05) is 42.5 Å². The first kappa shape index (κ1) is 40.8. The number of aliphatic carboxylic acids is 1. The van der Waals surface area contributed by atoms with Gasteiger partial charge in [0, 0.05) is 30.9 Å². The smallest absolute Gasteiger partial charge is 0.430 e. The van der Waals surface area contributed by atoms with Crippen LogP contribution in [0.3, 0.4) is 0 Å². The Morgan fingerprint density at radius 2 is 1.51 bits per heavy atom. The SMILES string of the molecule is O=C([O-])C(F)(F)F.O=C(c1ccc(N2CC[NH2+]CC2)c(NS(=O)(=O)Cc2ccccc2)c1)N1CCC(c2ccc(Oc3ccc(C(F)(F)F)cn3)cc2)CC1. The van der Waals surface area contributed by atoms with Crippen molar-refractivity contribution in [3.8, 4) is 11.6 Å². The van der Waals surface area contributed by atoms with Crippen LogP contribution in [0.1, 0.15) is 45.8 Å². The molecule has 0 aliphatic carbocycles. The first-order valence-corrected chi connectivity index (χ1v) is 18.8. The lowest BCUT2D eigenvalue weighted by Crippen LogP contribution is -2.89. The van der Waals surface area contributed by atoms with E-state index in [1.165, 1.54) is 6.07 Å². The van der Waals surface area contributed by atoms with Crippen molar-refractivity contribution in [3.63, 3.8) is 0 Å². The van der Waals surface area contributed by atoms with Gasteiger partial charge in [-0.3, -0.25) is 9.52 Å². The highest BCUT2D eigenvalue weighted by atomic mass is 32.2. The van der Waals surface area contributed by atoms with Gasteiger partial charge in [0.05, 0.1) is 48.9 Å². The predicted octanol–water partition coefficient (Wildman–Crippen LogP) is 4.54. The van der Waals surface area contributed by atoms with E-state index in [1.807, 2.05) is 24.3 Å². The highest BCUT2D eigenvalue weighted by Gasteiger charge is 2.31. The van der Waals surface area contributed by atoms with Crippen molar-refractivity contribution in [2.75, 3.05) is 48.9 Å². The second kappa shape index (κ2) is 17.4. The van der Waals surface area contributed by atoms with Crippen molar-refractivity contribution in [1.29, 1.82) is 0 Å². The number of carbonyl (C=O) groups excluding carboxylic acids is 2. The van der Waals surface area contributed by atoms with Gasteiger partial charge in [-0.2, -0.15) is 26.3 Å². The molecule has 0 bridgehead atoms. The lowest BCUT2D eigenvalue weighted by Gasteiger charge is -2.33. The van der Waals surface area contributed by atoms with Gasteiger partial charge < -0.3 is 29.8 Å². The number of carboxylic acid groups (broad SMARTS) is 1. The van der Waals surface area contributed by atoms with E-state index < -0.39 is 33.9 Å². The largest absolute Gasteiger partial charge is 0.542 e. The molecule has 2 aliphatic rings. The van der Waals surface area contributed by atoms with Crippen LogP contribution in [0.5, 0.6) is 11.6 Å². The molecule has 2 fully saturated rings. The molecule has 18 heteroatoms. The molecule has 3 heterocycles. The topological polar surface area (TPSA) is 149 Å². The molecule has 11 nitrogen and oxygen atoms in total. The minimum atomic E-state index is -5.19. The molecule has 1 aromatic heterocycles. The lowest BCUT2D eigenvalue weighted by atomic mass is 9.89. The molecule has 3 N–H and O–H groups in total. The Bertz CT molecular complexity index is 2020. The minimum Gasteiger partial charge on any atom is -0.542 e. The predicted molar refractivity (Wildman–Crippen MR) is 188 cm³/mol. The number of alkyl halides is 6. The number of piperazine rings is 1. The highest BCUT2D eigenvalue weighted by Crippen LogP contribution is 2.34. The van der Waals surface area contributed by atoms with E-state index in [1.54, 1.807) is 53.4 Å². The summed E-state index contributed by atoms with van der Waals surface area (Å²) >= 11 is 0. The van der Waals surface area contributed by atoms with E-state index in [-0.39, 0.29) is 23.5 Å². The fourth-order valence-electron chi connectivity index (χ4n) is 6.15. The molecule has 0 saturated carbocycles. The normalized spacial score (nSPS) is 15.5. The molecule has 4 aromatic rings. The number of carboxylic acids is 1. The van der Waals surface area contributed by atoms with Crippen LogP contribution < -0.4 is 24.8 Å². The van der Waals surface area contributed by atoms with Gasteiger partial charge in [-0.05, 0) is 66.3 Å². The molecule has 294 valence electrons. The zero-order valence-corrected chi connectivity index (χ0v) is 30.0. The summed E-state index contributed by atoms with van der Waals surface area (Å²) < 4.78 is 105. The summed E-state index contributed by atoms with van der Waals surface area (Å²) in [6.07, 6.45) is -7.43. The van der Waals surface area contributed by atoms with E-state index in [0.29, 0.717) is 35.7 Å². The van der Waals surface area contributed by atoms with Crippen molar-refractivity contribution < 1.29 is 59.5 Å². The van der Waals surface area contributed by atoms with Gasteiger partial charge in [-0.25, -0.2) is 13.4 Å². The molecule has 0 radical (unpaired) electrons. The standard InChI is InChI=1S/C35H36F3N5O4S.C2HF3O2/c36-35(37,38)29-9-13-33(40-23-29)47-30-10-6-26(7-11-30)27-14-18-43(19-15-27)34(44)28-8-12-32(42-20-16-39-17-21-42)31(22-28)41-48(45,46)24-25-4-2-1-3-5-25;3-2(4,5)1(6)7/h1-13,22-23,27,39,41H,14-21,24H2;(H,6,7). The number of piperidine rings is 1. The van der Waals surface area contributed by atoms with E-state index in [0.717, 1.165) is 62.5 Å². The molecular formula is C37H37F6N5O6S. The number of ether oxygens (including phenoxy) is 1. The van der Waals surface area contributed by atoms with Gasteiger partial charge in [0.25, 0.3) is 5.91 Å². The number of nitrogens with two attached hydrogens (primary N) is 1. The fourth-order valence-corrected chi connectivity index (χ4v) is 7.35. The third-order valence-electron chi connectivity index (χ3n) is 8.91. The van der Waals surface area contributed by atoms with Crippen molar-refractivity contribution in [3.05, 3.63) is 113 Å². The van der Waals surface area contributed by atoms with Crippen molar-refractivity contribution in [1.82, 2.24) is 9.88 Å². The highest BCUT2D eigenvalue weighted by molar-refractivity contribution is 7.91. The van der Waals surface area contributed by atoms with Crippen LogP contribution in [-0.2, 0) is 26.7 Å². The lowest BCUT2D eigenvalue weighted by molar-refractivity contribution is -0.655. The first-order chi connectivity index (χ1) is 26.0. The third-order valence-corrected chi connectivity index (χ3v) is 10.2. The van der Waals surface area contributed by atoms with Gasteiger partial charge in [0.15, 0.2) is 0 Å². The fraction of sp³-hybridized carbons (Fsp3) is 0.324. The maximum Gasteiger partial charge on any atom is 0.430 e. The Balaban J connectivity index is 0.000000757. The third kappa shape index (κ3) is 11.6. The summed E-state index contributed by atoms with van der Waals surface area (Å²) in [6.45, 7) is 4.42. The number of carbonyl (C=O) groups is 2. The van der Waals surface area contributed by atoms with Crippen molar-refractivity contribution in [2.24, 2.45) is 0 Å². The maximum atomic E-state index is 13.7. The van der Waals surface area contributed by atoms with Crippen LogP contribution >= 0.6 is 0 Å². The zero-order chi connectivity index (χ0) is 39.8. The summed E-state index contributed by atoms with van der Waals surface area (Å²) in [5, 5.41) is 11.0. The van der Waals surface area contributed by atoms with Crippen molar-refractivity contribution >= 4 is 33.3 Å². The van der Waals surface area contributed by atoms with Gasteiger partial charge >= 0.3 is 12.4 Å². The Hall–Kier alpha value is -5.36. The van der Waals surface area contributed by atoms with Gasteiger partial charge in [0.1, 0.15) is 11.7 Å². The Kier molecular flexibility index (Phi) is 12.9. The number of nitrogens with zero attached hydrogens (tertiary/aromatic N) is 3. The van der Waals surface area contributed by atoms with Crippen LogP contribution in [0, 0.1) is 0 Å². The summed E-state index contributed by atoms with van der Waals surface area (Å²) in [4.78, 5) is 30.2. The van der Waals surface area contributed by atoms with Gasteiger partial charge in [-0.15, -0.1) is 0 Å². The second-order valence-electron chi connectivity index (χ2n) is 12.8. The molecular weight excluding hydrogens is 756 g/mol. The number of hydrogen-bond acceptors (Lipinski definition) is 8. The number of pyridine rings is 1. The second-order valence-corrected chi connectivity index (χ2v) is 14.6. The monoisotopic (exact) mass is 793 g/mol. The van der Waals surface area contributed by atoms with Crippen molar-refractivity contribution in [2.45, 2.75) is 36.9 Å². The van der Waals surface area contributed by atoms with Crippen LogP contribution in [-0.4, -0.2) is 75.6 Å². The minimum absolute atomic E-state index is 0.0668. The number of amides is 1. The molecule has 55 heavy (non-hydrogen) atoms. The number of sulfonamides is 1. The quantitative estimate of drug-likeness (QED) is 0.235. The van der Waals surface area contributed by atoms with E-state index in [2.05, 4.69) is 19.9 Å². The number of quaternary nitrogens is 1. The number of halogens is 6. The molecule has 1 amide bonds. The van der Waals surface area contributed by atoms with Crippen LogP contribution in [0.2, 0.25) is 0 Å². The number of hydrogen-bond donors (Lipinski definition) is 2. The van der Waals surface area contributed by atoms with E-state index in [9.17, 15) is 39.6 Å². The molecule has 6 rings (SSSR count). The molecule has 3 aromatic carbocycles. The number of benzene rings is 3. The number of nitrogens with one attached hydrogen (secondary N) is 1. The van der Waals surface area contributed by atoms with Gasteiger partial charge in [0.2, 0.25) is 15.9 Å². The molecule has 2 saturated heterocycles. The Morgan fingerprint density at radius 1 is 0.873 bits per heavy atom. The molecule has 0 spiro atoms. The van der Waals surface area contributed by atoms with E-state index >= 15 is 0 Å². The van der Waals surface area contributed by atoms with E-state index in [4.69, 9.17) is 14.6 Å². The Labute approximate surface area is 313 Å². The van der Waals surface area contributed by atoms with Crippen LogP contribution in [0.15, 0.2) is 91.1 Å². The summed E-state index contributed by atoms with van der Waals surface area (Å²) in [5.41, 5.74) is 2.50. The van der Waals surface area contributed by atoms with Crippen LogP contribution in [0.25, 0.3) is 0 Å². The molecule has 0 unspecified atom stereocenters. The maximum absolute atomic E-state index is 13.7. The molecule has 2 aliphatic heterocycles.